The summed E-state index contributed by atoms with van der Waals surface area (Å²) in [5, 5.41) is 24.2. The number of carbonyl (C=O) groups excluding carboxylic acids is 1. The van der Waals surface area contributed by atoms with Crippen LogP contribution in [0.25, 0.3) is 5.69 Å². The van der Waals surface area contributed by atoms with Crippen molar-refractivity contribution in [3.05, 3.63) is 46.9 Å². The van der Waals surface area contributed by atoms with Crippen LogP contribution >= 0.6 is 11.8 Å². The highest BCUT2D eigenvalue weighted by molar-refractivity contribution is 7.99. The molecule has 1 N–H and O–H groups in total. The number of anilines is 1. The van der Waals surface area contributed by atoms with Gasteiger partial charge in [0.2, 0.25) is 11.1 Å². The molecule has 144 valence electrons. The molecule has 0 fully saturated rings. The second kappa shape index (κ2) is 8.22. The first-order chi connectivity index (χ1) is 13.5. The number of hydrogen-bond donors (Lipinski definition) is 1. The second-order valence-corrected chi connectivity index (χ2v) is 6.91. The van der Waals surface area contributed by atoms with Crippen LogP contribution in [0.15, 0.2) is 29.4 Å². The van der Waals surface area contributed by atoms with E-state index < -0.39 is 0 Å². The van der Waals surface area contributed by atoms with E-state index in [9.17, 15) is 14.4 Å². The zero-order chi connectivity index (χ0) is 20.3. The van der Waals surface area contributed by atoms with Crippen LogP contribution in [0.4, 0.5) is 10.2 Å². The normalized spacial score (nSPS) is 10.7. The van der Waals surface area contributed by atoms with Crippen LogP contribution < -0.4 is 5.32 Å². The minimum absolute atomic E-state index is 0.0813. The van der Waals surface area contributed by atoms with Gasteiger partial charge in [0.25, 0.3) is 0 Å². The van der Waals surface area contributed by atoms with E-state index >= 15 is 0 Å². The van der Waals surface area contributed by atoms with Gasteiger partial charge in [0.1, 0.15) is 17.7 Å². The molecule has 0 bridgehead atoms. The lowest BCUT2D eigenvalue weighted by atomic mass is 10.2. The highest BCUT2D eigenvalue weighted by Gasteiger charge is 2.21. The van der Waals surface area contributed by atoms with Gasteiger partial charge in [0.15, 0.2) is 0 Å². The van der Waals surface area contributed by atoms with E-state index in [0.29, 0.717) is 28.8 Å². The van der Waals surface area contributed by atoms with Crippen LogP contribution in [0, 0.1) is 31.0 Å². The number of tetrazole rings is 1. The van der Waals surface area contributed by atoms with Crippen molar-refractivity contribution in [2.75, 3.05) is 11.1 Å². The van der Waals surface area contributed by atoms with E-state index in [-0.39, 0.29) is 17.5 Å². The van der Waals surface area contributed by atoms with E-state index in [4.69, 9.17) is 0 Å². The standard InChI is InChI=1S/C18H18FN7OS/c1-4-25-18(22-23-24-25)28-10-16(27)21-17-15(9-20)11(2)12(3)26(17)14-7-5-13(19)6-8-14/h5-8H,4,10H2,1-3H3,(H,21,27). The maximum Gasteiger partial charge on any atom is 0.236 e. The second-order valence-electron chi connectivity index (χ2n) is 5.97. The van der Waals surface area contributed by atoms with E-state index in [1.54, 1.807) is 21.4 Å². The third-order valence-electron chi connectivity index (χ3n) is 4.30. The number of nitriles is 1. The van der Waals surface area contributed by atoms with Crippen LogP contribution in [0.5, 0.6) is 0 Å². The number of nitrogens with one attached hydrogen (secondary N) is 1. The molecule has 0 saturated carbocycles. The Morgan fingerprint density at radius 2 is 2.04 bits per heavy atom. The molecular formula is C18H18FN7OS. The molecule has 1 aromatic carbocycles. The van der Waals surface area contributed by atoms with Crippen molar-refractivity contribution >= 4 is 23.5 Å². The van der Waals surface area contributed by atoms with E-state index in [0.717, 1.165) is 11.3 Å². The number of aryl methyl sites for hydroxylation is 1. The maximum absolute atomic E-state index is 13.3. The van der Waals surface area contributed by atoms with Crippen LogP contribution in [0.2, 0.25) is 0 Å². The van der Waals surface area contributed by atoms with Crippen molar-refractivity contribution in [2.24, 2.45) is 0 Å². The Morgan fingerprint density at radius 1 is 1.32 bits per heavy atom. The first-order valence-electron chi connectivity index (χ1n) is 8.53. The molecule has 1 amide bonds. The Balaban J connectivity index is 1.88. The number of rotatable bonds is 6. The van der Waals surface area contributed by atoms with Gasteiger partial charge in [-0.05, 0) is 61.0 Å². The predicted molar refractivity (Wildman–Crippen MR) is 103 cm³/mol. The largest absolute Gasteiger partial charge is 0.310 e. The van der Waals surface area contributed by atoms with Gasteiger partial charge in [-0.1, -0.05) is 11.8 Å². The topological polar surface area (TPSA) is 101 Å². The average Bonchev–Trinajstić information content (AvgIpc) is 3.24. The van der Waals surface area contributed by atoms with Crippen molar-refractivity contribution in [2.45, 2.75) is 32.5 Å². The van der Waals surface area contributed by atoms with Crippen molar-refractivity contribution in [3.8, 4) is 11.8 Å². The molecule has 0 aliphatic rings. The van der Waals surface area contributed by atoms with Crippen molar-refractivity contribution in [1.82, 2.24) is 24.8 Å². The molecule has 2 aromatic heterocycles. The monoisotopic (exact) mass is 399 g/mol. The fourth-order valence-corrected chi connectivity index (χ4v) is 3.51. The first-order valence-corrected chi connectivity index (χ1v) is 9.51. The van der Waals surface area contributed by atoms with Gasteiger partial charge in [-0.25, -0.2) is 9.07 Å². The Hall–Kier alpha value is -3.19. The lowest BCUT2D eigenvalue weighted by Crippen LogP contribution is -2.18. The van der Waals surface area contributed by atoms with E-state index in [1.807, 2.05) is 20.8 Å². The van der Waals surface area contributed by atoms with Crippen LogP contribution in [-0.4, -0.2) is 36.4 Å². The Bertz CT molecular complexity index is 1050. The van der Waals surface area contributed by atoms with Gasteiger partial charge >= 0.3 is 0 Å². The fraction of sp³-hybridized carbons (Fsp3) is 0.278. The number of hydrogen-bond acceptors (Lipinski definition) is 6. The quantitative estimate of drug-likeness (QED) is 0.640. The number of carbonyl (C=O) groups is 1. The Morgan fingerprint density at radius 3 is 2.68 bits per heavy atom. The van der Waals surface area contributed by atoms with Crippen molar-refractivity contribution in [1.29, 1.82) is 5.26 Å². The van der Waals surface area contributed by atoms with Crippen LogP contribution in [0.1, 0.15) is 23.7 Å². The molecule has 8 nitrogen and oxygen atoms in total. The summed E-state index contributed by atoms with van der Waals surface area (Å²) in [4.78, 5) is 12.5. The van der Waals surface area contributed by atoms with Crippen LogP contribution in [-0.2, 0) is 11.3 Å². The first kappa shape index (κ1) is 19.6. The molecule has 0 saturated heterocycles. The molecule has 2 heterocycles. The minimum Gasteiger partial charge on any atom is -0.310 e. The van der Waals surface area contributed by atoms with E-state index in [1.165, 1.54) is 23.9 Å². The Kier molecular flexibility index (Phi) is 5.75. The summed E-state index contributed by atoms with van der Waals surface area (Å²) in [6.07, 6.45) is 0. The predicted octanol–water partition coefficient (Wildman–Crippen LogP) is 2.84. The number of nitrogens with zero attached hydrogens (tertiary/aromatic N) is 6. The number of aromatic nitrogens is 5. The third kappa shape index (κ3) is 3.75. The third-order valence-corrected chi connectivity index (χ3v) is 5.26. The van der Waals surface area contributed by atoms with Gasteiger partial charge in [-0.2, -0.15) is 5.26 Å². The summed E-state index contributed by atoms with van der Waals surface area (Å²) in [6, 6.07) is 8.02. The van der Waals surface area contributed by atoms with Gasteiger partial charge in [0, 0.05) is 17.9 Å². The molecule has 28 heavy (non-hydrogen) atoms. The van der Waals surface area contributed by atoms with Gasteiger partial charge in [-0.3, -0.25) is 9.36 Å². The minimum atomic E-state index is -0.360. The zero-order valence-corrected chi connectivity index (χ0v) is 16.4. The summed E-state index contributed by atoms with van der Waals surface area (Å²) < 4.78 is 16.6. The van der Waals surface area contributed by atoms with Gasteiger partial charge in [-0.15, -0.1) is 5.10 Å². The number of amides is 1. The number of benzene rings is 1. The molecule has 0 spiro atoms. The van der Waals surface area contributed by atoms with E-state index in [2.05, 4.69) is 26.9 Å². The molecule has 0 atom stereocenters. The summed E-state index contributed by atoms with van der Waals surface area (Å²) in [5.74, 6) is -0.211. The number of halogens is 1. The lowest BCUT2D eigenvalue weighted by molar-refractivity contribution is -0.113. The molecule has 3 rings (SSSR count). The van der Waals surface area contributed by atoms with Gasteiger partial charge in [0.05, 0.1) is 11.3 Å². The van der Waals surface area contributed by atoms with Crippen molar-refractivity contribution in [3.63, 3.8) is 0 Å². The molecule has 10 heteroatoms. The van der Waals surface area contributed by atoms with Crippen LogP contribution in [0.3, 0.4) is 0 Å². The average molecular weight is 399 g/mol. The molecular weight excluding hydrogens is 381 g/mol. The molecule has 0 aliphatic heterocycles. The highest BCUT2D eigenvalue weighted by Crippen LogP contribution is 2.30. The summed E-state index contributed by atoms with van der Waals surface area (Å²) >= 11 is 1.21. The summed E-state index contributed by atoms with van der Waals surface area (Å²) in [6.45, 7) is 6.16. The zero-order valence-electron chi connectivity index (χ0n) is 15.6. The highest BCUT2D eigenvalue weighted by atomic mass is 32.2. The van der Waals surface area contributed by atoms with Crippen molar-refractivity contribution < 1.29 is 9.18 Å². The maximum atomic E-state index is 13.3. The smallest absolute Gasteiger partial charge is 0.236 e. The lowest BCUT2D eigenvalue weighted by Gasteiger charge is -2.13. The molecule has 0 unspecified atom stereocenters. The Labute approximate surface area is 165 Å². The van der Waals surface area contributed by atoms with Gasteiger partial charge < -0.3 is 5.32 Å². The summed E-state index contributed by atoms with van der Waals surface area (Å²) in [7, 11) is 0. The SMILES string of the molecule is CCn1nnnc1SCC(=O)Nc1c(C#N)c(C)c(C)n1-c1ccc(F)cc1. The molecule has 0 radical (unpaired) electrons. The molecule has 3 aromatic rings. The summed E-state index contributed by atoms with van der Waals surface area (Å²) in [5.41, 5.74) is 2.57. The molecule has 0 aliphatic carbocycles. The number of thioether (sulfide) groups is 1. The fourth-order valence-electron chi connectivity index (χ4n) is 2.77.